The molecule has 0 spiro atoms. The average Bonchev–Trinajstić information content (AvgIpc) is 3.20. The lowest BCUT2D eigenvalue weighted by atomic mass is 9.99. The number of benzene rings is 2. The number of ketones is 1. The van der Waals surface area contributed by atoms with Crippen LogP contribution < -0.4 is 0 Å². The quantitative estimate of drug-likeness (QED) is 0.233. The Labute approximate surface area is 180 Å². The van der Waals surface area contributed by atoms with Gasteiger partial charge >= 0.3 is 0 Å². The van der Waals surface area contributed by atoms with Crippen molar-refractivity contribution in [2.45, 2.75) is 25.9 Å². The number of para-hydroxylation sites is 1. The number of carbonyl (C=O) groups is 1. The first kappa shape index (κ1) is 20.0. The fraction of sp³-hybridized carbons (Fsp3) is 0.167. The van der Waals surface area contributed by atoms with Crippen LogP contribution in [0, 0.1) is 6.92 Å². The molecule has 0 amide bonds. The van der Waals surface area contributed by atoms with Crippen molar-refractivity contribution in [2.75, 3.05) is 5.75 Å². The molecule has 0 atom stereocenters. The summed E-state index contributed by atoms with van der Waals surface area (Å²) >= 11 is 1.56. The van der Waals surface area contributed by atoms with Gasteiger partial charge in [-0.3, -0.25) is 4.79 Å². The zero-order valence-corrected chi connectivity index (χ0v) is 18.0. The Bertz CT molecular complexity index is 1190. The van der Waals surface area contributed by atoms with Crippen LogP contribution >= 0.6 is 11.8 Å². The van der Waals surface area contributed by atoms with Gasteiger partial charge in [-0.25, -0.2) is 14.6 Å². The number of aromatic nitrogens is 4. The summed E-state index contributed by atoms with van der Waals surface area (Å²) in [6.07, 6.45) is 1.95. The first-order chi connectivity index (χ1) is 14.6. The van der Waals surface area contributed by atoms with Gasteiger partial charge in [0.2, 0.25) is 0 Å². The standard InChI is InChI=1S/C24H22N4OS/c1-4-30-24-25-16(2)21(17(3)29)23(26-24)20-15-28(19-13-9-6-10-14-19)27-22(20)18-11-7-5-8-12-18/h5-15H,4H2,1-3H3. The van der Waals surface area contributed by atoms with Crippen LogP contribution in [-0.4, -0.2) is 31.3 Å². The molecule has 0 aliphatic heterocycles. The maximum atomic E-state index is 12.5. The minimum absolute atomic E-state index is 0.0537. The summed E-state index contributed by atoms with van der Waals surface area (Å²) in [6, 6.07) is 19.9. The van der Waals surface area contributed by atoms with Gasteiger partial charge in [0.25, 0.3) is 0 Å². The fourth-order valence-electron chi connectivity index (χ4n) is 3.43. The summed E-state index contributed by atoms with van der Waals surface area (Å²) in [5.41, 5.74) is 5.38. The van der Waals surface area contributed by atoms with Crippen molar-refractivity contribution in [3.05, 3.63) is 78.1 Å². The van der Waals surface area contributed by atoms with Crippen LogP contribution in [0.4, 0.5) is 0 Å². The maximum absolute atomic E-state index is 12.5. The number of aryl methyl sites for hydroxylation is 1. The lowest BCUT2D eigenvalue weighted by Gasteiger charge is -2.11. The Kier molecular flexibility index (Phi) is 5.77. The zero-order chi connectivity index (χ0) is 21.1. The lowest BCUT2D eigenvalue weighted by molar-refractivity contribution is 0.101. The van der Waals surface area contributed by atoms with Gasteiger partial charge in [-0.1, -0.05) is 67.2 Å². The highest BCUT2D eigenvalue weighted by Crippen LogP contribution is 2.35. The smallest absolute Gasteiger partial charge is 0.188 e. The maximum Gasteiger partial charge on any atom is 0.188 e. The average molecular weight is 415 g/mol. The largest absolute Gasteiger partial charge is 0.294 e. The van der Waals surface area contributed by atoms with Crippen molar-refractivity contribution in [1.29, 1.82) is 0 Å². The Morgan fingerprint density at radius 2 is 1.63 bits per heavy atom. The van der Waals surface area contributed by atoms with Crippen molar-refractivity contribution in [3.63, 3.8) is 0 Å². The number of hydrogen-bond acceptors (Lipinski definition) is 5. The van der Waals surface area contributed by atoms with E-state index in [1.165, 1.54) is 0 Å². The Hall–Kier alpha value is -3.25. The highest BCUT2D eigenvalue weighted by atomic mass is 32.2. The van der Waals surface area contributed by atoms with Crippen LogP contribution in [0.1, 0.15) is 29.9 Å². The number of hydrogen-bond donors (Lipinski definition) is 0. The third kappa shape index (κ3) is 3.91. The summed E-state index contributed by atoms with van der Waals surface area (Å²) in [6.45, 7) is 5.49. The first-order valence-electron chi connectivity index (χ1n) is 9.81. The molecule has 0 bridgehead atoms. The predicted octanol–water partition coefficient (Wildman–Crippen LogP) is 5.62. The van der Waals surface area contributed by atoms with Gasteiger partial charge in [-0.2, -0.15) is 5.10 Å². The van der Waals surface area contributed by atoms with Crippen molar-refractivity contribution in [2.24, 2.45) is 0 Å². The van der Waals surface area contributed by atoms with Gasteiger partial charge < -0.3 is 0 Å². The number of thioether (sulfide) groups is 1. The summed E-state index contributed by atoms with van der Waals surface area (Å²) < 4.78 is 1.84. The van der Waals surface area contributed by atoms with Crippen LogP contribution in [0.2, 0.25) is 0 Å². The Morgan fingerprint density at radius 3 is 2.27 bits per heavy atom. The second-order valence-corrected chi connectivity index (χ2v) is 8.07. The van der Waals surface area contributed by atoms with E-state index in [-0.39, 0.29) is 5.78 Å². The molecule has 2 aromatic heterocycles. The molecule has 30 heavy (non-hydrogen) atoms. The summed E-state index contributed by atoms with van der Waals surface area (Å²) in [7, 11) is 0. The molecule has 2 heterocycles. The highest BCUT2D eigenvalue weighted by Gasteiger charge is 2.23. The van der Waals surface area contributed by atoms with E-state index >= 15 is 0 Å². The van der Waals surface area contributed by atoms with Crippen LogP contribution in [-0.2, 0) is 0 Å². The fourth-order valence-corrected chi connectivity index (χ4v) is 4.04. The molecule has 0 radical (unpaired) electrons. The third-order valence-corrected chi connectivity index (χ3v) is 5.46. The van der Waals surface area contributed by atoms with Gasteiger partial charge in [0.05, 0.1) is 22.6 Å². The van der Waals surface area contributed by atoms with Crippen molar-refractivity contribution in [3.8, 4) is 28.2 Å². The Morgan fingerprint density at radius 1 is 0.967 bits per heavy atom. The minimum atomic E-state index is -0.0537. The number of nitrogens with zero attached hydrogens (tertiary/aromatic N) is 4. The lowest BCUT2D eigenvalue weighted by Crippen LogP contribution is -2.06. The molecule has 150 valence electrons. The van der Waals surface area contributed by atoms with E-state index in [4.69, 9.17) is 10.1 Å². The monoisotopic (exact) mass is 414 g/mol. The van der Waals surface area contributed by atoms with E-state index < -0.39 is 0 Å². The summed E-state index contributed by atoms with van der Waals surface area (Å²) in [5, 5.41) is 5.54. The van der Waals surface area contributed by atoms with Gasteiger partial charge in [0.15, 0.2) is 10.9 Å². The molecule has 4 rings (SSSR count). The predicted molar refractivity (Wildman–Crippen MR) is 121 cm³/mol. The zero-order valence-electron chi connectivity index (χ0n) is 17.2. The molecule has 6 heteroatoms. The molecule has 2 aromatic carbocycles. The highest BCUT2D eigenvalue weighted by molar-refractivity contribution is 7.99. The molecule has 0 N–H and O–H groups in total. The first-order valence-corrected chi connectivity index (χ1v) is 10.8. The van der Waals surface area contributed by atoms with Crippen LogP contribution in [0.25, 0.3) is 28.2 Å². The van der Waals surface area contributed by atoms with Crippen molar-refractivity contribution in [1.82, 2.24) is 19.7 Å². The van der Waals surface area contributed by atoms with Gasteiger partial charge in [-0.15, -0.1) is 0 Å². The Balaban J connectivity index is 2.00. The third-order valence-electron chi connectivity index (χ3n) is 4.73. The normalized spacial score (nSPS) is 10.9. The van der Waals surface area contributed by atoms with E-state index in [0.717, 1.165) is 28.3 Å². The van der Waals surface area contributed by atoms with Crippen LogP contribution in [0.5, 0.6) is 0 Å². The number of rotatable bonds is 6. The van der Waals surface area contributed by atoms with Gasteiger partial charge in [-0.05, 0) is 31.7 Å². The van der Waals surface area contributed by atoms with E-state index in [1.54, 1.807) is 18.7 Å². The molecular weight excluding hydrogens is 392 g/mol. The van der Waals surface area contributed by atoms with E-state index in [2.05, 4.69) is 11.9 Å². The van der Waals surface area contributed by atoms with Gasteiger partial charge in [0, 0.05) is 17.3 Å². The minimum Gasteiger partial charge on any atom is -0.294 e. The molecule has 0 saturated carbocycles. The molecule has 0 aliphatic carbocycles. The summed E-state index contributed by atoms with van der Waals surface area (Å²) in [4.78, 5) is 21.9. The van der Waals surface area contributed by atoms with E-state index in [0.29, 0.717) is 22.1 Å². The topological polar surface area (TPSA) is 60.7 Å². The van der Waals surface area contributed by atoms with Crippen molar-refractivity contribution >= 4 is 17.5 Å². The van der Waals surface area contributed by atoms with E-state index in [1.807, 2.05) is 78.5 Å². The molecule has 0 aliphatic rings. The second kappa shape index (κ2) is 8.63. The second-order valence-electron chi connectivity index (χ2n) is 6.84. The molecule has 5 nitrogen and oxygen atoms in total. The van der Waals surface area contributed by atoms with Gasteiger partial charge in [0.1, 0.15) is 5.69 Å². The molecule has 0 unspecified atom stereocenters. The van der Waals surface area contributed by atoms with Crippen LogP contribution in [0.15, 0.2) is 72.0 Å². The van der Waals surface area contributed by atoms with Crippen molar-refractivity contribution < 1.29 is 4.79 Å². The molecule has 4 aromatic rings. The molecule has 0 fully saturated rings. The number of carbonyl (C=O) groups excluding carboxylic acids is 1. The van der Waals surface area contributed by atoms with E-state index in [9.17, 15) is 4.79 Å². The van der Waals surface area contributed by atoms with Crippen LogP contribution in [0.3, 0.4) is 0 Å². The number of Topliss-reactive ketones (excluding diaryl/α,β-unsaturated/α-hetero) is 1. The molecule has 0 saturated heterocycles. The summed E-state index contributed by atoms with van der Waals surface area (Å²) in [5.74, 6) is 0.801. The SMILES string of the molecule is CCSc1nc(C)c(C(C)=O)c(-c2cn(-c3ccccc3)nc2-c2ccccc2)n1. The molecular formula is C24H22N4OS.